The van der Waals surface area contributed by atoms with E-state index < -0.39 is 42.9 Å². The molecule has 2 aromatic rings. The lowest BCUT2D eigenvalue weighted by atomic mass is 10.0. The topological polar surface area (TPSA) is 107 Å². The highest BCUT2D eigenvalue weighted by Crippen LogP contribution is 2.32. The van der Waals surface area contributed by atoms with E-state index in [9.17, 15) is 27.5 Å². The minimum absolute atomic E-state index is 0.0724. The molecule has 1 aromatic carbocycles. The highest BCUT2D eigenvalue weighted by atomic mass is 19.3. The number of aliphatic hydroxyl groups is 1. The van der Waals surface area contributed by atoms with Crippen LogP contribution >= 0.6 is 0 Å². The van der Waals surface area contributed by atoms with Crippen molar-refractivity contribution in [1.29, 1.82) is 0 Å². The van der Waals surface area contributed by atoms with E-state index in [1.807, 2.05) is 0 Å². The van der Waals surface area contributed by atoms with E-state index in [0.717, 1.165) is 11.0 Å². The Labute approximate surface area is 181 Å². The molecule has 0 saturated carbocycles. The van der Waals surface area contributed by atoms with Gasteiger partial charge in [0.1, 0.15) is 11.9 Å². The normalized spacial score (nSPS) is 18.3. The largest absolute Gasteiger partial charge is 0.382 e. The minimum atomic E-state index is -3.54. The number of nitrogens with one attached hydrogen (secondary N) is 2. The van der Waals surface area contributed by atoms with Crippen LogP contribution in [0.5, 0.6) is 0 Å². The number of aromatic nitrogens is 4. The van der Waals surface area contributed by atoms with Gasteiger partial charge in [-0.15, -0.1) is 5.10 Å². The Balaban J connectivity index is 1.54. The standard InChI is InChI=1S/C20H24F4N6O2/c21-19(22,10-4-7-17-26-28-29-27-17)11-12-30-15(13-25-18(30)32)8-9-16(31)20(23,24)14-5-2-1-3-6-14/h1-3,5-6,8-9,15-16,31H,4,7,10-13H2,(H,25,32)(H,26,27,28,29)/b9-8+/t15-,16?/m0/s1. The molecule has 0 radical (unpaired) electrons. The lowest BCUT2D eigenvalue weighted by molar-refractivity contribution is -0.0929. The lowest BCUT2D eigenvalue weighted by Crippen LogP contribution is -2.37. The Morgan fingerprint density at radius 1 is 1.22 bits per heavy atom. The second-order valence-electron chi connectivity index (χ2n) is 7.57. The third kappa shape index (κ3) is 6.02. The van der Waals surface area contributed by atoms with E-state index in [-0.39, 0.29) is 31.5 Å². The molecule has 3 rings (SSSR count). The van der Waals surface area contributed by atoms with E-state index in [2.05, 4.69) is 25.9 Å². The van der Waals surface area contributed by atoms with Crippen molar-refractivity contribution in [1.82, 2.24) is 30.8 Å². The van der Waals surface area contributed by atoms with Crippen LogP contribution in [0.4, 0.5) is 22.4 Å². The van der Waals surface area contributed by atoms with Gasteiger partial charge in [0.2, 0.25) is 5.92 Å². The predicted octanol–water partition coefficient (Wildman–Crippen LogP) is 2.65. The van der Waals surface area contributed by atoms with Gasteiger partial charge in [-0.3, -0.25) is 0 Å². The van der Waals surface area contributed by atoms with E-state index >= 15 is 0 Å². The maximum Gasteiger partial charge on any atom is 0.318 e. The van der Waals surface area contributed by atoms with Crippen LogP contribution in [0, 0.1) is 0 Å². The first kappa shape index (κ1) is 23.6. The fourth-order valence-corrected chi connectivity index (χ4v) is 3.39. The molecule has 3 N–H and O–H groups in total. The van der Waals surface area contributed by atoms with Crippen molar-refractivity contribution < 1.29 is 27.5 Å². The molecule has 2 heterocycles. The number of aromatic amines is 1. The van der Waals surface area contributed by atoms with Crippen LogP contribution in [-0.4, -0.2) is 67.8 Å². The summed E-state index contributed by atoms with van der Waals surface area (Å²) in [6, 6.07) is 5.56. The smallest absolute Gasteiger partial charge is 0.318 e. The van der Waals surface area contributed by atoms with Crippen LogP contribution in [0.25, 0.3) is 0 Å². The van der Waals surface area contributed by atoms with E-state index in [0.29, 0.717) is 5.82 Å². The predicted molar refractivity (Wildman–Crippen MR) is 106 cm³/mol. The van der Waals surface area contributed by atoms with Gasteiger partial charge in [-0.2, -0.15) is 8.78 Å². The Morgan fingerprint density at radius 2 is 1.97 bits per heavy atom. The second kappa shape index (κ2) is 10.1. The van der Waals surface area contributed by atoms with E-state index in [1.165, 1.54) is 30.3 Å². The molecule has 12 heteroatoms. The summed E-state index contributed by atoms with van der Waals surface area (Å²) in [5.74, 6) is -6.15. The highest BCUT2D eigenvalue weighted by Gasteiger charge is 2.39. The summed E-state index contributed by atoms with van der Waals surface area (Å²) in [6.45, 7) is -0.189. The Kier molecular flexibility index (Phi) is 7.44. The summed E-state index contributed by atoms with van der Waals surface area (Å²) in [5, 5.41) is 25.4. The maximum atomic E-state index is 14.4. The average Bonchev–Trinajstić information content (AvgIpc) is 3.40. The summed E-state index contributed by atoms with van der Waals surface area (Å²) < 4.78 is 57.3. The van der Waals surface area contributed by atoms with Gasteiger partial charge in [0.15, 0.2) is 0 Å². The maximum absolute atomic E-state index is 14.4. The monoisotopic (exact) mass is 456 g/mol. The molecule has 2 atom stereocenters. The molecular formula is C20H24F4N6O2. The molecule has 1 saturated heterocycles. The zero-order chi connectivity index (χ0) is 23.2. The highest BCUT2D eigenvalue weighted by molar-refractivity contribution is 5.77. The number of halogens is 4. The van der Waals surface area contributed by atoms with Crippen LogP contribution in [0.1, 0.15) is 30.7 Å². The molecule has 1 fully saturated rings. The Morgan fingerprint density at radius 3 is 2.66 bits per heavy atom. The first-order chi connectivity index (χ1) is 15.2. The molecular weight excluding hydrogens is 432 g/mol. The number of carbonyl (C=O) groups is 1. The molecule has 8 nitrogen and oxygen atoms in total. The molecule has 1 aromatic heterocycles. The first-order valence-corrected chi connectivity index (χ1v) is 10.1. The number of carbonyl (C=O) groups excluding carboxylic acids is 1. The molecule has 0 aliphatic carbocycles. The number of urea groups is 1. The van der Waals surface area contributed by atoms with Gasteiger partial charge in [0.25, 0.3) is 0 Å². The molecule has 1 aliphatic rings. The molecule has 2 amide bonds. The zero-order valence-corrected chi connectivity index (χ0v) is 17.1. The number of alkyl halides is 4. The van der Waals surface area contributed by atoms with Crippen LogP contribution in [0.2, 0.25) is 0 Å². The number of tetrazole rings is 1. The van der Waals surface area contributed by atoms with Crippen molar-refractivity contribution in [3.8, 4) is 0 Å². The van der Waals surface area contributed by atoms with Gasteiger partial charge in [0, 0.05) is 37.9 Å². The molecule has 1 aliphatic heterocycles. The summed E-state index contributed by atoms with van der Waals surface area (Å²) >= 11 is 0. The second-order valence-corrected chi connectivity index (χ2v) is 7.57. The molecule has 174 valence electrons. The van der Waals surface area contributed by atoms with Crippen molar-refractivity contribution >= 4 is 6.03 Å². The number of H-pyrrole nitrogens is 1. The van der Waals surface area contributed by atoms with Crippen LogP contribution in [0.3, 0.4) is 0 Å². The quantitative estimate of drug-likeness (QED) is 0.356. The third-order valence-corrected chi connectivity index (χ3v) is 5.23. The number of benzene rings is 1. The van der Waals surface area contributed by atoms with Crippen molar-refractivity contribution in [3.63, 3.8) is 0 Å². The van der Waals surface area contributed by atoms with E-state index in [4.69, 9.17) is 0 Å². The van der Waals surface area contributed by atoms with Gasteiger partial charge in [-0.25, -0.2) is 18.7 Å². The summed E-state index contributed by atoms with van der Waals surface area (Å²) in [6.07, 6.45) is -0.558. The average molecular weight is 456 g/mol. The molecule has 32 heavy (non-hydrogen) atoms. The van der Waals surface area contributed by atoms with Crippen molar-refractivity contribution in [2.24, 2.45) is 0 Å². The van der Waals surface area contributed by atoms with Crippen LogP contribution in [-0.2, 0) is 12.3 Å². The van der Waals surface area contributed by atoms with Crippen molar-refractivity contribution in [2.45, 2.75) is 49.7 Å². The van der Waals surface area contributed by atoms with Crippen LogP contribution in [0.15, 0.2) is 42.5 Å². The van der Waals surface area contributed by atoms with E-state index in [1.54, 1.807) is 6.07 Å². The molecule has 0 bridgehead atoms. The van der Waals surface area contributed by atoms with Gasteiger partial charge in [0.05, 0.1) is 6.04 Å². The van der Waals surface area contributed by atoms with Crippen molar-refractivity contribution in [3.05, 3.63) is 53.9 Å². The van der Waals surface area contributed by atoms with Gasteiger partial charge in [-0.1, -0.05) is 42.5 Å². The zero-order valence-electron chi connectivity index (χ0n) is 17.1. The number of hydrogen-bond acceptors (Lipinski definition) is 5. The number of aliphatic hydroxyl groups excluding tert-OH is 1. The summed E-state index contributed by atoms with van der Waals surface area (Å²) in [7, 11) is 0. The van der Waals surface area contributed by atoms with Gasteiger partial charge >= 0.3 is 12.0 Å². The fraction of sp³-hybridized carbons (Fsp3) is 0.500. The van der Waals surface area contributed by atoms with Gasteiger partial charge in [-0.05, 0) is 16.8 Å². The summed E-state index contributed by atoms with van der Waals surface area (Å²) in [5.41, 5.74) is -0.351. The van der Waals surface area contributed by atoms with Gasteiger partial charge < -0.3 is 15.3 Å². The van der Waals surface area contributed by atoms with Crippen LogP contribution < -0.4 is 5.32 Å². The number of rotatable bonds is 11. The molecule has 1 unspecified atom stereocenters. The Bertz CT molecular complexity index is 895. The molecule has 0 spiro atoms. The third-order valence-electron chi connectivity index (χ3n) is 5.23. The SMILES string of the molecule is O=C1NC[C@H](/C=C/C(O)C(F)(F)c2ccccc2)N1CCC(F)(F)CCCc1nnn[nH]1. The fourth-order valence-electron chi connectivity index (χ4n) is 3.39. The van der Waals surface area contributed by atoms with Crippen molar-refractivity contribution in [2.75, 3.05) is 13.1 Å². The first-order valence-electron chi connectivity index (χ1n) is 10.1. The summed E-state index contributed by atoms with van der Waals surface area (Å²) in [4.78, 5) is 13.2. The number of hydrogen-bond donors (Lipinski definition) is 3. The minimum Gasteiger partial charge on any atom is -0.382 e. The Hall–Kier alpha value is -3.02. The lowest BCUT2D eigenvalue weighted by Gasteiger charge is -2.25. The number of nitrogens with zero attached hydrogens (tertiary/aromatic N) is 4. The number of amides is 2. The number of aryl methyl sites for hydroxylation is 1.